The summed E-state index contributed by atoms with van der Waals surface area (Å²) in [5.74, 6) is -7.90. The fourth-order valence-electron chi connectivity index (χ4n) is 3.26. The van der Waals surface area contributed by atoms with Gasteiger partial charge in [-0.15, -0.1) is 0 Å². The van der Waals surface area contributed by atoms with E-state index in [1.807, 2.05) is 0 Å². The van der Waals surface area contributed by atoms with Crippen molar-refractivity contribution in [2.24, 2.45) is 11.5 Å². The van der Waals surface area contributed by atoms with E-state index in [1.165, 1.54) is 0 Å². The van der Waals surface area contributed by atoms with E-state index >= 15 is 0 Å². The zero-order valence-corrected chi connectivity index (χ0v) is 17.6. The Labute approximate surface area is 187 Å². The highest BCUT2D eigenvalue weighted by atomic mass is 16.4. The van der Waals surface area contributed by atoms with Crippen LogP contribution < -0.4 is 22.1 Å². The maximum atomic E-state index is 12.8. The van der Waals surface area contributed by atoms with Crippen molar-refractivity contribution in [1.29, 1.82) is 0 Å². The van der Waals surface area contributed by atoms with Gasteiger partial charge in [0.15, 0.2) is 0 Å². The molecule has 0 aromatic carbocycles. The van der Waals surface area contributed by atoms with E-state index in [0.717, 1.165) is 4.90 Å². The number of nitrogens with two attached hydrogens (primary N) is 2. The Bertz CT molecular complexity index is 816. The molecule has 1 saturated heterocycles. The summed E-state index contributed by atoms with van der Waals surface area (Å²) < 4.78 is 0. The second-order valence-corrected chi connectivity index (χ2v) is 7.46. The molecule has 4 unspecified atom stereocenters. The molecule has 0 aliphatic carbocycles. The molecule has 0 saturated carbocycles. The fraction of sp³-hybridized carbons (Fsp3) is 0.611. The molecule has 9 N–H and O–H groups in total. The molecule has 4 atom stereocenters. The van der Waals surface area contributed by atoms with Crippen LogP contribution in [0.3, 0.4) is 0 Å². The number of amides is 4. The van der Waals surface area contributed by atoms with Crippen molar-refractivity contribution < 1.29 is 48.9 Å². The number of likely N-dealkylation sites (tertiary alicyclic amines) is 1. The number of carbonyl (C=O) groups excluding carboxylic acids is 4. The van der Waals surface area contributed by atoms with Crippen molar-refractivity contribution in [2.75, 3.05) is 6.54 Å². The molecule has 1 aliphatic rings. The summed E-state index contributed by atoms with van der Waals surface area (Å²) in [5, 5.41) is 31.2. The molecule has 0 aromatic heterocycles. The molecule has 15 nitrogen and oxygen atoms in total. The summed E-state index contributed by atoms with van der Waals surface area (Å²) in [6.07, 6.45) is -1.88. The van der Waals surface area contributed by atoms with Gasteiger partial charge in [0.05, 0.1) is 18.9 Å². The van der Waals surface area contributed by atoms with Crippen LogP contribution in [0.1, 0.15) is 38.5 Å². The van der Waals surface area contributed by atoms with Gasteiger partial charge < -0.3 is 42.3 Å². The molecule has 0 spiro atoms. The number of carbonyl (C=O) groups is 7. The molecule has 0 radical (unpaired) electrons. The van der Waals surface area contributed by atoms with Gasteiger partial charge in [-0.2, -0.15) is 0 Å². The van der Waals surface area contributed by atoms with Gasteiger partial charge in [-0.25, -0.2) is 4.79 Å². The molecule has 184 valence electrons. The molecular formula is C18H27N5O10. The van der Waals surface area contributed by atoms with Crippen molar-refractivity contribution >= 4 is 41.5 Å². The number of nitrogens with one attached hydrogen (secondary N) is 2. The second-order valence-electron chi connectivity index (χ2n) is 7.46. The quantitative estimate of drug-likeness (QED) is 0.138. The van der Waals surface area contributed by atoms with Gasteiger partial charge in [0.1, 0.15) is 18.1 Å². The topological polar surface area (TPSA) is 260 Å². The fourth-order valence-corrected chi connectivity index (χ4v) is 3.26. The van der Waals surface area contributed by atoms with E-state index in [9.17, 15) is 38.7 Å². The highest BCUT2D eigenvalue weighted by molar-refractivity contribution is 5.96. The maximum Gasteiger partial charge on any atom is 0.326 e. The van der Waals surface area contributed by atoms with Gasteiger partial charge in [-0.3, -0.25) is 28.8 Å². The summed E-state index contributed by atoms with van der Waals surface area (Å²) >= 11 is 0. The summed E-state index contributed by atoms with van der Waals surface area (Å²) in [4.78, 5) is 83.2. The Morgan fingerprint density at radius 2 is 1.52 bits per heavy atom. The molecule has 4 amide bonds. The predicted molar refractivity (Wildman–Crippen MR) is 107 cm³/mol. The summed E-state index contributed by atoms with van der Waals surface area (Å²) in [5.41, 5.74) is 10.6. The van der Waals surface area contributed by atoms with Crippen LogP contribution in [0.2, 0.25) is 0 Å². The Hall–Kier alpha value is -3.75. The molecule has 0 aromatic rings. The van der Waals surface area contributed by atoms with Gasteiger partial charge in [-0.05, 0) is 19.3 Å². The number of rotatable bonds is 13. The summed E-state index contributed by atoms with van der Waals surface area (Å²) in [6, 6.07) is -5.79. The van der Waals surface area contributed by atoms with Crippen LogP contribution in [0.15, 0.2) is 0 Å². The van der Waals surface area contributed by atoms with Gasteiger partial charge in [0.25, 0.3) is 0 Å². The maximum absolute atomic E-state index is 12.8. The Morgan fingerprint density at radius 1 is 0.909 bits per heavy atom. The van der Waals surface area contributed by atoms with E-state index in [0.29, 0.717) is 6.42 Å². The number of carboxylic acid groups (broad SMARTS) is 3. The summed E-state index contributed by atoms with van der Waals surface area (Å²) in [7, 11) is 0. The van der Waals surface area contributed by atoms with E-state index in [-0.39, 0.29) is 13.0 Å². The average Bonchev–Trinajstić information content (AvgIpc) is 3.18. The number of aliphatic carboxylic acids is 3. The van der Waals surface area contributed by atoms with Crippen LogP contribution in [0, 0.1) is 0 Å². The van der Waals surface area contributed by atoms with Gasteiger partial charge in [-0.1, -0.05) is 0 Å². The minimum Gasteiger partial charge on any atom is -0.481 e. The molecular weight excluding hydrogens is 446 g/mol. The molecule has 1 fully saturated rings. The molecule has 0 bridgehead atoms. The number of carboxylic acids is 3. The van der Waals surface area contributed by atoms with E-state index in [2.05, 4.69) is 10.6 Å². The van der Waals surface area contributed by atoms with E-state index in [4.69, 9.17) is 21.7 Å². The van der Waals surface area contributed by atoms with Crippen molar-refractivity contribution in [2.45, 2.75) is 62.7 Å². The lowest BCUT2D eigenvalue weighted by molar-refractivity contribution is -0.149. The zero-order chi connectivity index (χ0) is 25.3. The van der Waals surface area contributed by atoms with Crippen LogP contribution in [0.25, 0.3) is 0 Å². The smallest absolute Gasteiger partial charge is 0.326 e. The van der Waals surface area contributed by atoms with E-state index < -0.39 is 91.4 Å². The normalized spacial score (nSPS) is 18.0. The molecule has 15 heteroatoms. The third-order valence-electron chi connectivity index (χ3n) is 4.85. The van der Waals surface area contributed by atoms with Gasteiger partial charge in [0, 0.05) is 13.0 Å². The highest BCUT2D eigenvalue weighted by Crippen LogP contribution is 2.19. The SMILES string of the molecule is NC(=O)CC(NC(=O)C(CCC(=O)O)NC(=O)C(N)CC(=O)O)C(=O)N1CCCC1C(=O)O. The monoisotopic (exact) mass is 473 g/mol. The second kappa shape index (κ2) is 12.3. The lowest BCUT2D eigenvalue weighted by atomic mass is 10.1. The number of nitrogens with zero attached hydrogens (tertiary/aromatic N) is 1. The lowest BCUT2D eigenvalue weighted by Gasteiger charge is -2.28. The first-order valence-electron chi connectivity index (χ1n) is 9.95. The van der Waals surface area contributed by atoms with Crippen LogP contribution in [0.4, 0.5) is 0 Å². The highest BCUT2D eigenvalue weighted by Gasteiger charge is 2.39. The number of hydrogen-bond acceptors (Lipinski definition) is 8. The lowest BCUT2D eigenvalue weighted by Crippen LogP contribution is -2.58. The zero-order valence-electron chi connectivity index (χ0n) is 17.6. The first kappa shape index (κ1) is 27.3. The third kappa shape index (κ3) is 8.72. The Kier molecular flexibility index (Phi) is 10.2. The average molecular weight is 473 g/mol. The minimum atomic E-state index is -1.56. The first-order chi connectivity index (χ1) is 15.3. The Balaban J connectivity index is 3.03. The van der Waals surface area contributed by atoms with Crippen molar-refractivity contribution in [3.8, 4) is 0 Å². The standard InChI is InChI=1S/C18H27N5O10/c19-8(6-14(27)28)15(29)21-9(3-4-13(25)26)16(30)22-10(7-12(20)24)17(31)23-5-1-2-11(23)18(32)33/h8-11H,1-7,19H2,(H2,20,24)(H,21,29)(H,22,30)(H,25,26)(H,27,28)(H,32,33). The van der Waals surface area contributed by atoms with Crippen molar-refractivity contribution in [3.05, 3.63) is 0 Å². The number of primary amides is 1. The van der Waals surface area contributed by atoms with Gasteiger partial charge >= 0.3 is 17.9 Å². The minimum absolute atomic E-state index is 0.0736. The predicted octanol–water partition coefficient (Wildman–Crippen LogP) is -3.43. The third-order valence-corrected chi connectivity index (χ3v) is 4.85. The van der Waals surface area contributed by atoms with Crippen LogP contribution in [-0.4, -0.2) is 92.5 Å². The first-order valence-corrected chi connectivity index (χ1v) is 9.95. The van der Waals surface area contributed by atoms with Gasteiger partial charge in [0.2, 0.25) is 23.6 Å². The molecule has 1 heterocycles. The van der Waals surface area contributed by atoms with Crippen molar-refractivity contribution in [3.63, 3.8) is 0 Å². The van der Waals surface area contributed by atoms with E-state index in [1.54, 1.807) is 0 Å². The number of hydrogen-bond donors (Lipinski definition) is 7. The summed E-state index contributed by atoms with van der Waals surface area (Å²) in [6.45, 7) is 0.0736. The van der Waals surface area contributed by atoms with Crippen LogP contribution in [0.5, 0.6) is 0 Å². The Morgan fingerprint density at radius 3 is 2.03 bits per heavy atom. The molecule has 1 rings (SSSR count). The molecule has 33 heavy (non-hydrogen) atoms. The largest absolute Gasteiger partial charge is 0.481 e. The van der Waals surface area contributed by atoms with Crippen LogP contribution in [-0.2, 0) is 33.6 Å². The van der Waals surface area contributed by atoms with Crippen LogP contribution >= 0.6 is 0 Å². The van der Waals surface area contributed by atoms with Crippen molar-refractivity contribution in [1.82, 2.24) is 15.5 Å². The molecule has 1 aliphatic heterocycles.